The van der Waals surface area contributed by atoms with E-state index in [1.807, 2.05) is 34.6 Å². The van der Waals surface area contributed by atoms with E-state index in [2.05, 4.69) is 21.3 Å². The number of nitrogens with one attached hydrogen (secondary N) is 4. The molecule has 0 saturated heterocycles. The lowest BCUT2D eigenvalue weighted by atomic mass is 9.95. The largest absolute Gasteiger partial charge is 0.396 e. The van der Waals surface area contributed by atoms with Gasteiger partial charge in [-0.2, -0.15) is 11.8 Å². The van der Waals surface area contributed by atoms with E-state index in [9.17, 15) is 48.6 Å². The molecule has 0 radical (unpaired) electrons. The Labute approximate surface area is 387 Å². The second-order valence-electron chi connectivity index (χ2n) is 18.8. The summed E-state index contributed by atoms with van der Waals surface area (Å²) in [5, 5.41) is 30.8. The van der Waals surface area contributed by atoms with Crippen molar-refractivity contribution in [2.24, 2.45) is 17.8 Å². The molecular formula is C45H84N8O10S. The fourth-order valence-electron chi connectivity index (χ4n) is 7.00. The van der Waals surface area contributed by atoms with Crippen LogP contribution in [0, 0.1) is 17.8 Å². The highest BCUT2D eigenvalue weighted by atomic mass is 32.2. The van der Waals surface area contributed by atoms with Crippen LogP contribution in [-0.2, 0) is 38.4 Å². The number of likely N-dealkylation sites (N-methyl/N-ethyl adjacent to an activating group) is 5. The van der Waals surface area contributed by atoms with E-state index in [0.717, 1.165) is 0 Å². The van der Waals surface area contributed by atoms with Crippen molar-refractivity contribution >= 4 is 59.0 Å². The van der Waals surface area contributed by atoms with E-state index in [1.54, 1.807) is 20.9 Å². The maximum Gasteiger partial charge on any atom is 0.246 e. The van der Waals surface area contributed by atoms with Crippen molar-refractivity contribution in [3.63, 3.8) is 0 Å². The molecule has 64 heavy (non-hydrogen) atoms. The molecule has 18 nitrogen and oxygen atoms in total. The van der Waals surface area contributed by atoms with Crippen molar-refractivity contribution in [3.8, 4) is 0 Å². The Kier molecular flexibility index (Phi) is 27.0. The first-order valence-corrected chi connectivity index (χ1v) is 23.8. The van der Waals surface area contributed by atoms with E-state index in [0.29, 0.717) is 31.4 Å². The van der Waals surface area contributed by atoms with E-state index in [1.165, 1.54) is 87.2 Å². The zero-order valence-corrected chi connectivity index (χ0v) is 42.5. The molecule has 0 aromatic rings. The van der Waals surface area contributed by atoms with Gasteiger partial charge < -0.3 is 51.1 Å². The molecule has 8 amide bonds. The SMILES string of the molecule is CCCC(=O)N(C)[C@H](CSCCCCO)C(=O)N(C)[C@@H](CC(C)(C)O)C(=O)N[C@H](C(=O)N(C)[C@@H](CC(C)C)C(=O)N[C@@H](C)C(=O)N[C@H](C)C(=O)N(C)[C@@H](CC(C)C)C(=O)NC)C(C)C. The Hall–Kier alpha value is -3.97. The predicted molar refractivity (Wildman–Crippen MR) is 251 cm³/mol. The molecule has 0 fully saturated rings. The van der Waals surface area contributed by atoms with Gasteiger partial charge in [-0.15, -0.1) is 0 Å². The van der Waals surface area contributed by atoms with Crippen LogP contribution in [0.15, 0.2) is 0 Å². The van der Waals surface area contributed by atoms with Gasteiger partial charge in [-0.3, -0.25) is 38.4 Å². The van der Waals surface area contributed by atoms with Crippen LogP contribution in [-0.4, -0.2) is 178 Å². The lowest BCUT2D eigenvalue weighted by Gasteiger charge is -2.38. The van der Waals surface area contributed by atoms with Gasteiger partial charge >= 0.3 is 0 Å². The zero-order chi connectivity index (χ0) is 49.8. The highest BCUT2D eigenvalue weighted by Gasteiger charge is 2.41. The Balaban J connectivity index is 6.46. The molecule has 0 unspecified atom stereocenters. The lowest BCUT2D eigenvalue weighted by molar-refractivity contribution is -0.149. The van der Waals surface area contributed by atoms with Gasteiger partial charge in [-0.05, 0) is 83.3 Å². The maximum atomic E-state index is 14.4. The van der Waals surface area contributed by atoms with Crippen molar-refractivity contribution in [2.45, 2.75) is 169 Å². The highest BCUT2D eigenvalue weighted by molar-refractivity contribution is 7.99. The van der Waals surface area contributed by atoms with Crippen LogP contribution < -0.4 is 21.3 Å². The second-order valence-corrected chi connectivity index (χ2v) is 19.9. The van der Waals surface area contributed by atoms with Crippen LogP contribution in [0.4, 0.5) is 0 Å². The molecule has 0 aromatic carbocycles. The molecule has 370 valence electrons. The Morgan fingerprint density at radius 1 is 0.609 bits per heavy atom. The standard InChI is InChI=1S/C45H84N8O10S/c1-17-20-36(55)50(13)35(26-64-22-19-18-21-54)43(61)53(16)34(25-45(10,11)63)41(59)49-37(29(6)7)44(62)52(15)33(24-28(4)5)40(58)47-30(8)38(56)48-31(9)42(60)51(14)32(23-27(2)3)39(57)46-12/h27-35,37,54,63H,17-26H2,1-16H3,(H,46,57)(H,47,58)(H,48,56)(H,49,59)/t30-,31+,32-,33-,34-,35+,37-/m0/s1. The fraction of sp³-hybridized carbons (Fsp3) is 0.822. The average Bonchev–Trinajstić information content (AvgIpc) is 3.21. The van der Waals surface area contributed by atoms with Gasteiger partial charge in [0, 0.05) is 60.4 Å². The molecule has 0 rings (SSSR count). The Bertz CT molecular complexity index is 1540. The summed E-state index contributed by atoms with van der Waals surface area (Å²) in [7, 11) is 7.40. The van der Waals surface area contributed by atoms with Crippen LogP contribution in [0.5, 0.6) is 0 Å². The van der Waals surface area contributed by atoms with E-state index in [-0.39, 0.29) is 55.3 Å². The summed E-state index contributed by atoms with van der Waals surface area (Å²) in [6.45, 7) is 18.9. The van der Waals surface area contributed by atoms with Crippen LogP contribution in [0.25, 0.3) is 0 Å². The van der Waals surface area contributed by atoms with Gasteiger partial charge in [0.25, 0.3) is 0 Å². The third-order valence-corrected chi connectivity index (χ3v) is 12.1. The number of unbranched alkanes of at least 4 members (excludes halogenated alkanes) is 1. The molecule has 0 saturated carbocycles. The smallest absolute Gasteiger partial charge is 0.246 e. The van der Waals surface area contributed by atoms with Gasteiger partial charge in [-0.25, -0.2) is 0 Å². The van der Waals surface area contributed by atoms with E-state index >= 15 is 0 Å². The first kappa shape index (κ1) is 60.0. The number of thioether (sulfide) groups is 1. The number of aliphatic hydroxyl groups is 2. The zero-order valence-electron chi connectivity index (χ0n) is 41.7. The maximum absolute atomic E-state index is 14.4. The summed E-state index contributed by atoms with van der Waals surface area (Å²) in [5.74, 6) is -3.81. The second kappa shape index (κ2) is 28.8. The van der Waals surface area contributed by atoms with Gasteiger partial charge in [0.15, 0.2) is 0 Å². The summed E-state index contributed by atoms with van der Waals surface area (Å²) in [4.78, 5) is 114. The summed E-state index contributed by atoms with van der Waals surface area (Å²) in [5.41, 5.74) is -1.44. The predicted octanol–water partition coefficient (Wildman–Crippen LogP) is 1.75. The molecule has 0 spiro atoms. The van der Waals surface area contributed by atoms with Crippen LogP contribution in [0.3, 0.4) is 0 Å². The quantitative estimate of drug-likeness (QED) is 0.0592. The topological polar surface area (TPSA) is 238 Å². The minimum atomic E-state index is -1.44. The van der Waals surface area contributed by atoms with E-state index in [4.69, 9.17) is 0 Å². The van der Waals surface area contributed by atoms with Gasteiger partial charge in [0.2, 0.25) is 47.3 Å². The number of amides is 8. The molecule has 7 atom stereocenters. The van der Waals surface area contributed by atoms with Crippen molar-refractivity contribution in [1.29, 1.82) is 0 Å². The number of rotatable bonds is 29. The molecule has 0 aromatic heterocycles. The Morgan fingerprint density at radius 2 is 1.09 bits per heavy atom. The van der Waals surface area contributed by atoms with Gasteiger partial charge in [-0.1, -0.05) is 48.5 Å². The molecule has 0 heterocycles. The third-order valence-electron chi connectivity index (χ3n) is 11.0. The molecule has 0 bridgehead atoms. The first-order chi connectivity index (χ1) is 29.6. The fourth-order valence-corrected chi connectivity index (χ4v) is 8.17. The molecule has 0 aliphatic rings. The first-order valence-electron chi connectivity index (χ1n) is 22.7. The van der Waals surface area contributed by atoms with Gasteiger partial charge in [0.1, 0.15) is 42.3 Å². The number of nitrogens with zero attached hydrogens (tertiary/aromatic N) is 4. The number of carbonyl (C=O) groups is 8. The number of aliphatic hydroxyl groups excluding tert-OH is 1. The average molecular weight is 929 g/mol. The Morgan fingerprint density at radius 3 is 1.56 bits per heavy atom. The van der Waals surface area contributed by atoms with Crippen LogP contribution in [0.1, 0.15) is 121 Å². The monoisotopic (exact) mass is 929 g/mol. The van der Waals surface area contributed by atoms with Crippen molar-refractivity contribution < 1.29 is 48.6 Å². The van der Waals surface area contributed by atoms with Crippen molar-refractivity contribution in [2.75, 3.05) is 53.4 Å². The summed E-state index contributed by atoms with van der Waals surface area (Å²) < 4.78 is 0. The highest BCUT2D eigenvalue weighted by Crippen LogP contribution is 2.22. The third kappa shape index (κ3) is 20.0. The van der Waals surface area contributed by atoms with Crippen LogP contribution in [0.2, 0.25) is 0 Å². The minimum Gasteiger partial charge on any atom is -0.396 e. The van der Waals surface area contributed by atoms with Crippen molar-refractivity contribution in [1.82, 2.24) is 40.9 Å². The molecule has 0 aliphatic heterocycles. The lowest BCUT2D eigenvalue weighted by Crippen LogP contribution is -2.61. The number of hydrogen-bond acceptors (Lipinski definition) is 11. The van der Waals surface area contributed by atoms with Crippen LogP contribution >= 0.6 is 11.8 Å². The summed E-state index contributed by atoms with van der Waals surface area (Å²) in [6.07, 6.45) is 2.50. The van der Waals surface area contributed by atoms with Gasteiger partial charge in [0.05, 0.1) is 5.60 Å². The van der Waals surface area contributed by atoms with E-state index < -0.39 is 89.3 Å². The molecule has 6 N–H and O–H groups in total. The summed E-state index contributed by atoms with van der Waals surface area (Å²) >= 11 is 1.45. The number of hydrogen-bond donors (Lipinski definition) is 6. The molecular weight excluding hydrogens is 845 g/mol. The normalized spacial score (nSPS) is 15.0. The number of carbonyl (C=O) groups excluding carboxylic acids is 8. The van der Waals surface area contributed by atoms with Crippen molar-refractivity contribution in [3.05, 3.63) is 0 Å². The summed E-state index contributed by atoms with van der Waals surface area (Å²) in [6, 6.07) is -7.39. The minimum absolute atomic E-state index is 0.0402. The molecule has 19 heteroatoms. The molecule has 0 aliphatic carbocycles.